The van der Waals surface area contributed by atoms with Gasteiger partial charge in [-0.25, -0.2) is 5.43 Å². The highest BCUT2D eigenvalue weighted by atomic mass is 16.2. The zero-order valence-electron chi connectivity index (χ0n) is 12.8. The van der Waals surface area contributed by atoms with E-state index in [-0.39, 0.29) is 12.5 Å². The van der Waals surface area contributed by atoms with Gasteiger partial charge in [0.1, 0.15) is 0 Å². The summed E-state index contributed by atoms with van der Waals surface area (Å²) >= 11 is 0. The maximum Gasteiger partial charge on any atom is 0.259 e. The molecule has 0 bridgehead atoms. The van der Waals surface area contributed by atoms with Crippen LogP contribution in [0.1, 0.15) is 18.1 Å². The fourth-order valence-corrected chi connectivity index (χ4v) is 1.92. The molecule has 22 heavy (non-hydrogen) atoms. The van der Waals surface area contributed by atoms with Crippen molar-refractivity contribution < 1.29 is 4.79 Å². The van der Waals surface area contributed by atoms with Gasteiger partial charge in [-0.1, -0.05) is 30.3 Å². The SMILES string of the molecule is C/C(=N/NC(=O)CNc1ccccc1C)c1ccc(N)cc1. The lowest BCUT2D eigenvalue weighted by Gasteiger charge is -2.08. The molecule has 0 unspecified atom stereocenters. The normalized spacial score (nSPS) is 11.1. The molecule has 4 N–H and O–H groups in total. The lowest BCUT2D eigenvalue weighted by molar-refractivity contribution is -0.119. The second kappa shape index (κ2) is 7.26. The first-order valence-electron chi connectivity index (χ1n) is 7.05. The number of nitrogens with one attached hydrogen (secondary N) is 2. The number of hydrogen-bond donors (Lipinski definition) is 3. The van der Waals surface area contributed by atoms with Gasteiger partial charge in [-0.2, -0.15) is 5.10 Å². The van der Waals surface area contributed by atoms with Crippen LogP contribution in [0.25, 0.3) is 0 Å². The molecule has 0 fully saturated rings. The van der Waals surface area contributed by atoms with Gasteiger partial charge in [0.05, 0.1) is 12.3 Å². The van der Waals surface area contributed by atoms with Crippen LogP contribution in [0, 0.1) is 6.92 Å². The minimum Gasteiger partial charge on any atom is -0.399 e. The van der Waals surface area contributed by atoms with Crippen molar-refractivity contribution in [2.45, 2.75) is 13.8 Å². The number of rotatable bonds is 5. The van der Waals surface area contributed by atoms with Crippen LogP contribution in [0.15, 0.2) is 53.6 Å². The van der Waals surface area contributed by atoms with Crippen LogP contribution in [0.3, 0.4) is 0 Å². The summed E-state index contributed by atoms with van der Waals surface area (Å²) in [6.07, 6.45) is 0. The molecule has 1 amide bonds. The molecular weight excluding hydrogens is 276 g/mol. The second-order valence-electron chi connectivity index (χ2n) is 5.02. The van der Waals surface area contributed by atoms with Gasteiger partial charge >= 0.3 is 0 Å². The minimum atomic E-state index is -0.196. The van der Waals surface area contributed by atoms with Crippen molar-refractivity contribution in [3.8, 4) is 0 Å². The number of anilines is 2. The molecule has 5 nitrogen and oxygen atoms in total. The van der Waals surface area contributed by atoms with Crippen LogP contribution in [0.5, 0.6) is 0 Å². The highest BCUT2D eigenvalue weighted by molar-refractivity contribution is 5.99. The Morgan fingerprint density at radius 2 is 1.82 bits per heavy atom. The number of nitrogens with zero attached hydrogens (tertiary/aromatic N) is 1. The van der Waals surface area contributed by atoms with Gasteiger partial charge in [0.15, 0.2) is 0 Å². The number of nitrogens with two attached hydrogens (primary N) is 1. The first-order chi connectivity index (χ1) is 10.6. The summed E-state index contributed by atoms with van der Waals surface area (Å²) in [6.45, 7) is 3.99. The fourth-order valence-electron chi connectivity index (χ4n) is 1.92. The number of nitrogen functional groups attached to an aromatic ring is 1. The van der Waals surface area contributed by atoms with E-state index >= 15 is 0 Å². The van der Waals surface area contributed by atoms with Crippen LogP contribution in [-0.2, 0) is 4.79 Å². The number of hydrogen-bond acceptors (Lipinski definition) is 4. The molecule has 5 heteroatoms. The van der Waals surface area contributed by atoms with E-state index in [0.29, 0.717) is 5.69 Å². The molecule has 2 aromatic carbocycles. The molecule has 0 spiro atoms. The van der Waals surface area contributed by atoms with Gasteiger partial charge in [0, 0.05) is 11.4 Å². The van der Waals surface area contributed by atoms with Crippen molar-refractivity contribution in [3.63, 3.8) is 0 Å². The molecule has 0 aliphatic carbocycles. The molecule has 0 aliphatic rings. The van der Waals surface area contributed by atoms with Crippen molar-refractivity contribution in [3.05, 3.63) is 59.7 Å². The van der Waals surface area contributed by atoms with E-state index in [0.717, 1.165) is 22.5 Å². The number of carbonyl (C=O) groups is 1. The third kappa shape index (κ3) is 4.34. The zero-order valence-corrected chi connectivity index (χ0v) is 12.8. The van der Waals surface area contributed by atoms with Crippen LogP contribution in [0.2, 0.25) is 0 Å². The molecule has 2 rings (SSSR count). The Labute approximate surface area is 130 Å². The molecule has 2 aromatic rings. The van der Waals surface area contributed by atoms with E-state index in [1.54, 1.807) is 12.1 Å². The van der Waals surface area contributed by atoms with Gasteiger partial charge < -0.3 is 11.1 Å². The summed E-state index contributed by atoms with van der Waals surface area (Å²) in [6, 6.07) is 15.1. The van der Waals surface area contributed by atoms with E-state index in [2.05, 4.69) is 15.8 Å². The molecule has 0 aromatic heterocycles. The van der Waals surface area contributed by atoms with E-state index < -0.39 is 0 Å². The first-order valence-corrected chi connectivity index (χ1v) is 7.05. The smallest absolute Gasteiger partial charge is 0.259 e. The molecular formula is C17H20N4O. The van der Waals surface area contributed by atoms with Gasteiger partial charge in [0.2, 0.25) is 0 Å². The Bertz CT molecular complexity index is 677. The van der Waals surface area contributed by atoms with Crippen LogP contribution >= 0.6 is 0 Å². The summed E-state index contributed by atoms with van der Waals surface area (Å²) in [7, 11) is 0. The number of benzene rings is 2. The third-order valence-corrected chi connectivity index (χ3v) is 3.26. The lowest BCUT2D eigenvalue weighted by Crippen LogP contribution is -2.27. The minimum absolute atomic E-state index is 0.170. The van der Waals surface area contributed by atoms with E-state index in [1.165, 1.54) is 0 Å². The number of hydrazone groups is 1. The summed E-state index contributed by atoms with van der Waals surface area (Å²) in [5.74, 6) is -0.196. The number of carbonyl (C=O) groups excluding carboxylic acids is 1. The standard InChI is InChI=1S/C17H20N4O/c1-12-5-3-4-6-16(12)19-11-17(22)21-20-13(2)14-7-9-15(18)10-8-14/h3-10,19H,11,18H2,1-2H3,(H,21,22)/b20-13-. The molecule has 0 atom stereocenters. The maximum absolute atomic E-state index is 11.8. The van der Waals surface area contributed by atoms with Gasteiger partial charge in [0.25, 0.3) is 5.91 Å². The van der Waals surface area contributed by atoms with Crippen LogP contribution < -0.4 is 16.5 Å². The number of aryl methyl sites for hydroxylation is 1. The topological polar surface area (TPSA) is 79.5 Å². The monoisotopic (exact) mass is 296 g/mol. The highest BCUT2D eigenvalue weighted by Crippen LogP contribution is 2.12. The summed E-state index contributed by atoms with van der Waals surface area (Å²) in [5.41, 5.74) is 12.6. The molecule has 0 saturated heterocycles. The van der Waals surface area contributed by atoms with Gasteiger partial charge in [-0.05, 0) is 43.2 Å². The molecule has 0 saturated carbocycles. The van der Waals surface area contributed by atoms with Crippen molar-refractivity contribution >= 4 is 23.0 Å². The maximum atomic E-state index is 11.8. The van der Waals surface area contributed by atoms with Crippen molar-refractivity contribution in [1.29, 1.82) is 0 Å². The van der Waals surface area contributed by atoms with E-state index in [1.807, 2.05) is 50.2 Å². The first kappa shape index (κ1) is 15.6. The van der Waals surface area contributed by atoms with Crippen LogP contribution in [0.4, 0.5) is 11.4 Å². The number of para-hydroxylation sites is 1. The van der Waals surface area contributed by atoms with E-state index in [4.69, 9.17) is 5.73 Å². The molecule has 0 heterocycles. The summed E-state index contributed by atoms with van der Waals surface area (Å²) in [5, 5.41) is 7.18. The lowest BCUT2D eigenvalue weighted by atomic mass is 10.1. The van der Waals surface area contributed by atoms with Gasteiger partial charge in [-0.3, -0.25) is 4.79 Å². The molecule has 114 valence electrons. The predicted octanol–water partition coefficient (Wildman–Crippen LogP) is 2.53. The molecule has 0 aliphatic heterocycles. The largest absolute Gasteiger partial charge is 0.399 e. The van der Waals surface area contributed by atoms with Crippen molar-refractivity contribution in [2.75, 3.05) is 17.6 Å². The third-order valence-electron chi connectivity index (χ3n) is 3.26. The quantitative estimate of drug-likeness (QED) is 0.450. The Kier molecular flexibility index (Phi) is 5.14. The van der Waals surface area contributed by atoms with E-state index in [9.17, 15) is 4.79 Å². The number of amides is 1. The van der Waals surface area contributed by atoms with Crippen molar-refractivity contribution in [1.82, 2.24) is 5.43 Å². The highest BCUT2D eigenvalue weighted by Gasteiger charge is 2.02. The average molecular weight is 296 g/mol. The van der Waals surface area contributed by atoms with Gasteiger partial charge in [-0.15, -0.1) is 0 Å². The second-order valence-corrected chi connectivity index (χ2v) is 5.02. The average Bonchev–Trinajstić information content (AvgIpc) is 2.52. The zero-order chi connectivity index (χ0) is 15.9. The predicted molar refractivity (Wildman–Crippen MR) is 90.9 cm³/mol. The Morgan fingerprint density at radius 3 is 2.50 bits per heavy atom. The van der Waals surface area contributed by atoms with Crippen molar-refractivity contribution in [2.24, 2.45) is 5.10 Å². The Balaban J connectivity index is 1.88. The summed E-state index contributed by atoms with van der Waals surface area (Å²) in [4.78, 5) is 11.8. The Morgan fingerprint density at radius 1 is 1.14 bits per heavy atom. The Hall–Kier alpha value is -2.82. The fraction of sp³-hybridized carbons (Fsp3) is 0.176. The van der Waals surface area contributed by atoms with Crippen LogP contribution in [-0.4, -0.2) is 18.2 Å². The summed E-state index contributed by atoms with van der Waals surface area (Å²) < 4.78 is 0. The molecule has 0 radical (unpaired) electrons.